The van der Waals surface area contributed by atoms with Crippen molar-refractivity contribution < 1.29 is 9.47 Å². The van der Waals surface area contributed by atoms with E-state index in [2.05, 4.69) is 29.4 Å². The van der Waals surface area contributed by atoms with Gasteiger partial charge in [-0.1, -0.05) is 30.3 Å². The maximum absolute atomic E-state index is 5.53. The van der Waals surface area contributed by atoms with Crippen LogP contribution in [-0.4, -0.2) is 36.1 Å². The molecule has 1 aromatic heterocycles. The number of ether oxygens (including phenoxy) is 2. The van der Waals surface area contributed by atoms with Gasteiger partial charge in [-0.05, 0) is 6.92 Å². The molecule has 5 nitrogen and oxygen atoms in total. The Kier molecular flexibility index (Phi) is 5.65. The molecule has 0 radical (unpaired) electrons. The highest BCUT2D eigenvalue weighted by Gasteiger charge is 2.09. The van der Waals surface area contributed by atoms with E-state index in [0.29, 0.717) is 17.8 Å². The van der Waals surface area contributed by atoms with E-state index in [1.165, 1.54) is 11.3 Å². The summed E-state index contributed by atoms with van der Waals surface area (Å²) >= 11 is 1.47. The second-order valence-corrected chi connectivity index (χ2v) is 4.91. The van der Waals surface area contributed by atoms with Crippen LogP contribution in [0.2, 0.25) is 0 Å². The van der Waals surface area contributed by atoms with Crippen LogP contribution >= 0.6 is 11.3 Å². The van der Waals surface area contributed by atoms with Crippen LogP contribution in [0.1, 0.15) is 25.8 Å². The summed E-state index contributed by atoms with van der Waals surface area (Å²) in [5, 5.41) is 12.8. The van der Waals surface area contributed by atoms with Crippen molar-refractivity contribution >= 4 is 11.3 Å². The highest BCUT2D eigenvalue weighted by molar-refractivity contribution is 7.13. The third kappa shape index (κ3) is 4.87. The van der Waals surface area contributed by atoms with Gasteiger partial charge in [0.25, 0.3) is 5.19 Å². The molecule has 0 aliphatic rings. The van der Waals surface area contributed by atoms with Gasteiger partial charge in [-0.3, -0.25) is 0 Å². The second kappa shape index (κ2) is 6.78. The minimum absolute atomic E-state index is 0.00357. The summed E-state index contributed by atoms with van der Waals surface area (Å²) in [6.07, 6.45) is 0.00357. The summed E-state index contributed by atoms with van der Waals surface area (Å²) in [7, 11) is 1.65. The first kappa shape index (κ1) is 13.3. The third-order valence-electron chi connectivity index (χ3n) is 1.81. The lowest BCUT2D eigenvalue weighted by Crippen LogP contribution is -2.21. The summed E-state index contributed by atoms with van der Waals surface area (Å²) in [5.41, 5.74) is 0. The van der Waals surface area contributed by atoms with Crippen molar-refractivity contribution in [3.05, 3.63) is 5.01 Å². The molecule has 16 heavy (non-hydrogen) atoms. The second-order valence-electron chi connectivity index (χ2n) is 3.88. The van der Waals surface area contributed by atoms with Crippen LogP contribution in [0.25, 0.3) is 0 Å². The minimum Gasteiger partial charge on any atom is -0.463 e. The SMILES string of the molecule is COCC(C)Oc1nnc(CNC(C)C)s1. The fraction of sp³-hybridized carbons (Fsp3) is 0.800. The highest BCUT2D eigenvalue weighted by atomic mass is 32.1. The van der Waals surface area contributed by atoms with Crippen molar-refractivity contribution in [2.24, 2.45) is 0 Å². The van der Waals surface area contributed by atoms with Gasteiger partial charge in [0.05, 0.1) is 13.2 Å². The van der Waals surface area contributed by atoms with Crippen molar-refractivity contribution in [3.63, 3.8) is 0 Å². The zero-order valence-electron chi connectivity index (χ0n) is 10.2. The molecular formula is C10H19N3O2S. The molecule has 1 N–H and O–H groups in total. The number of aromatic nitrogens is 2. The van der Waals surface area contributed by atoms with Crippen LogP contribution in [0.3, 0.4) is 0 Å². The third-order valence-corrected chi connectivity index (χ3v) is 2.63. The van der Waals surface area contributed by atoms with E-state index in [-0.39, 0.29) is 6.10 Å². The molecule has 1 unspecified atom stereocenters. The predicted octanol–water partition coefficient (Wildman–Crippen LogP) is 1.45. The largest absolute Gasteiger partial charge is 0.463 e. The van der Waals surface area contributed by atoms with Gasteiger partial charge in [-0.15, -0.1) is 5.10 Å². The Balaban J connectivity index is 2.39. The van der Waals surface area contributed by atoms with Crippen molar-refractivity contribution in [1.29, 1.82) is 0 Å². The monoisotopic (exact) mass is 245 g/mol. The predicted molar refractivity (Wildman–Crippen MR) is 63.9 cm³/mol. The number of nitrogens with one attached hydrogen (secondary N) is 1. The summed E-state index contributed by atoms with van der Waals surface area (Å²) in [6, 6.07) is 0.445. The Morgan fingerprint density at radius 2 is 2.06 bits per heavy atom. The first-order chi connectivity index (χ1) is 7.61. The average Bonchev–Trinajstić information content (AvgIpc) is 2.63. The zero-order chi connectivity index (χ0) is 12.0. The summed E-state index contributed by atoms with van der Waals surface area (Å²) in [6.45, 7) is 7.42. The van der Waals surface area contributed by atoms with Crippen molar-refractivity contribution in [2.75, 3.05) is 13.7 Å². The number of methoxy groups -OCH3 is 1. The normalized spacial score (nSPS) is 13.1. The van der Waals surface area contributed by atoms with Gasteiger partial charge in [-0.25, -0.2) is 0 Å². The molecule has 6 heteroatoms. The molecule has 1 rings (SSSR count). The molecule has 1 atom stereocenters. The van der Waals surface area contributed by atoms with Gasteiger partial charge in [0.1, 0.15) is 11.1 Å². The summed E-state index contributed by atoms with van der Waals surface area (Å²) in [5.74, 6) is 0. The van der Waals surface area contributed by atoms with Gasteiger partial charge < -0.3 is 14.8 Å². The van der Waals surface area contributed by atoms with Gasteiger partial charge in [0.15, 0.2) is 0 Å². The highest BCUT2D eigenvalue weighted by Crippen LogP contribution is 2.19. The maximum Gasteiger partial charge on any atom is 0.294 e. The number of rotatable bonds is 7. The zero-order valence-corrected chi connectivity index (χ0v) is 11.0. The molecule has 0 saturated carbocycles. The van der Waals surface area contributed by atoms with Gasteiger partial charge in [-0.2, -0.15) is 0 Å². The topological polar surface area (TPSA) is 56.3 Å². The number of hydrogen-bond donors (Lipinski definition) is 1. The van der Waals surface area contributed by atoms with E-state index >= 15 is 0 Å². The molecule has 1 aromatic rings. The van der Waals surface area contributed by atoms with Crippen molar-refractivity contribution in [2.45, 2.75) is 39.5 Å². The lowest BCUT2D eigenvalue weighted by atomic mass is 10.4. The van der Waals surface area contributed by atoms with Crippen LogP contribution < -0.4 is 10.1 Å². The smallest absolute Gasteiger partial charge is 0.294 e. The Hall–Kier alpha value is -0.720. The van der Waals surface area contributed by atoms with E-state index in [0.717, 1.165) is 11.6 Å². The molecule has 0 aromatic carbocycles. The Morgan fingerprint density at radius 3 is 2.69 bits per heavy atom. The molecule has 0 saturated heterocycles. The van der Waals surface area contributed by atoms with Gasteiger partial charge in [0, 0.05) is 13.2 Å². The van der Waals surface area contributed by atoms with Crippen LogP contribution in [0.4, 0.5) is 0 Å². The van der Waals surface area contributed by atoms with Gasteiger partial charge >= 0.3 is 0 Å². The fourth-order valence-corrected chi connectivity index (χ4v) is 1.82. The van der Waals surface area contributed by atoms with Crippen LogP contribution in [0.15, 0.2) is 0 Å². The Bertz CT molecular complexity index is 304. The minimum atomic E-state index is 0.00357. The fourth-order valence-electron chi connectivity index (χ4n) is 1.09. The van der Waals surface area contributed by atoms with Crippen molar-refractivity contribution in [1.82, 2.24) is 15.5 Å². The van der Waals surface area contributed by atoms with E-state index in [1.807, 2.05) is 6.92 Å². The van der Waals surface area contributed by atoms with Crippen LogP contribution in [-0.2, 0) is 11.3 Å². The molecule has 0 aliphatic carbocycles. The standard InChI is InChI=1S/C10H19N3O2S/c1-7(2)11-5-9-12-13-10(16-9)15-8(3)6-14-4/h7-8,11H,5-6H2,1-4H3. The van der Waals surface area contributed by atoms with E-state index in [9.17, 15) is 0 Å². The molecule has 0 bridgehead atoms. The van der Waals surface area contributed by atoms with E-state index in [4.69, 9.17) is 9.47 Å². The lowest BCUT2D eigenvalue weighted by Gasteiger charge is -2.09. The Morgan fingerprint density at radius 1 is 1.31 bits per heavy atom. The number of hydrogen-bond acceptors (Lipinski definition) is 6. The quantitative estimate of drug-likeness (QED) is 0.788. The molecule has 0 amide bonds. The molecule has 0 fully saturated rings. The van der Waals surface area contributed by atoms with E-state index in [1.54, 1.807) is 7.11 Å². The molecule has 1 heterocycles. The molecule has 92 valence electrons. The first-order valence-electron chi connectivity index (χ1n) is 5.33. The maximum atomic E-state index is 5.53. The molecule has 0 spiro atoms. The van der Waals surface area contributed by atoms with Crippen molar-refractivity contribution in [3.8, 4) is 5.19 Å². The van der Waals surface area contributed by atoms with Gasteiger partial charge in [0.2, 0.25) is 0 Å². The average molecular weight is 245 g/mol. The Labute approximate surface area is 100 Å². The number of nitrogens with zero attached hydrogens (tertiary/aromatic N) is 2. The van der Waals surface area contributed by atoms with E-state index < -0.39 is 0 Å². The molecular weight excluding hydrogens is 226 g/mol. The van der Waals surface area contributed by atoms with Crippen LogP contribution in [0, 0.1) is 0 Å². The molecule has 0 aliphatic heterocycles. The summed E-state index contributed by atoms with van der Waals surface area (Å²) < 4.78 is 10.5. The first-order valence-corrected chi connectivity index (χ1v) is 6.14. The summed E-state index contributed by atoms with van der Waals surface area (Å²) in [4.78, 5) is 0. The van der Waals surface area contributed by atoms with Crippen LogP contribution in [0.5, 0.6) is 5.19 Å². The lowest BCUT2D eigenvalue weighted by molar-refractivity contribution is 0.0914.